The van der Waals surface area contributed by atoms with Crippen molar-refractivity contribution in [2.24, 2.45) is 5.92 Å². The maximum absolute atomic E-state index is 5.95. The van der Waals surface area contributed by atoms with Gasteiger partial charge in [0, 0.05) is 37.8 Å². The summed E-state index contributed by atoms with van der Waals surface area (Å²) in [7, 11) is 0. The maximum Gasteiger partial charge on any atom is 0.0702 e. The van der Waals surface area contributed by atoms with Crippen molar-refractivity contribution in [3.63, 3.8) is 0 Å². The molecule has 0 aromatic rings. The van der Waals surface area contributed by atoms with Gasteiger partial charge in [0.2, 0.25) is 0 Å². The van der Waals surface area contributed by atoms with Crippen molar-refractivity contribution in [2.75, 3.05) is 26.2 Å². The van der Waals surface area contributed by atoms with Crippen molar-refractivity contribution in [3.05, 3.63) is 0 Å². The number of hydrogen-bond acceptors (Lipinski definition) is 3. The number of rotatable bonds is 4. The van der Waals surface area contributed by atoms with Crippen molar-refractivity contribution >= 4 is 0 Å². The number of nitrogens with zero attached hydrogens (tertiary/aromatic N) is 1. The van der Waals surface area contributed by atoms with Gasteiger partial charge in [-0.3, -0.25) is 4.90 Å². The zero-order valence-electron chi connectivity index (χ0n) is 13.2. The molecule has 2 aliphatic heterocycles. The molecule has 0 saturated carbocycles. The van der Waals surface area contributed by atoms with E-state index in [2.05, 4.69) is 37.9 Å². The summed E-state index contributed by atoms with van der Waals surface area (Å²) < 4.78 is 5.95. The van der Waals surface area contributed by atoms with Gasteiger partial charge in [0.05, 0.1) is 6.10 Å². The van der Waals surface area contributed by atoms with Crippen LogP contribution in [0.25, 0.3) is 0 Å². The van der Waals surface area contributed by atoms with Gasteiger partial charge in [-0.15, -0.1) is 0 Å². The molecule has 1 N–H and O–H groups in total. The topological polar surface area (TPSA) is 24.5 Å². The van der Waals surface area contributed by atoms with Crippen LogP contribution in [0, 0.1) is 5.92 Å². The summed E-state index contributed by atoms with van der Waals surface area (Å²) in [6, 6.07) is 0.628. The predicted molar refractivity (Wildman–Crippen MR) is 80.5 cm³/mol. The lowest BCUT2D eigenvalue weighted by atomic mass is 9.88. The third-order valence-electron chi connectivity index (χ3n) is 5.19. The Hall–Kier alpha value is -0.120. The lowest BCUT2D eigenvalue weighted by Crippen LogP contribution is -2.65. The molecule has 2 saturated heterocycles. The quantitative estimate of drug-likeness (QED) is 0.848. The normalized spacial score (nSPS) is 37.7. The molecule has 2 fully saturated rings. The van der Waals surface area contributed by atoms with E-state index >= 15 is 0 Å². The molecule has 3 unspecified atom stereocenters. The summed E-state index contributed by atoms with van der Waals surface area (Å²) in [6.45, 7) is 13.7. The highest BCUT2D eigenvalue weighted by Crippen LogP contribution is 2.26. The lowest BCUT2D eigenvalue weighted by molar-refractivity contribution is -0.0456. The van der Waals surface area contributed by atoms with E-state index in [1.807, 2.05) is 0 Å². The van der Waals surface area contributed by atoms with E-state index in [0.29, 0.717) is 23.6 Å². The Bertz CT molecular complexity index is 276. The molecule has 3 atom stereocenters. The highest BCUT2D eigenvalue weighted by Gasteiger charge is 2.38. The summed E-state index contributed by atoms with van der Waals surface area (Å²) >= 11 is 0. The van der Waals surface area contributed by atoms with Crippen LogP contribution in [0.15, 0.2) is 0 Å². The maximum atomic E-state index is 5.95. The van der Waals surface area contributed by atoms with Gasteiger partial charge in [-0.05, 0) is 38.5 Å². The van der Waals surface area contributed by atoms with Crippen LogP contribution in [0.5, 0.6) is 0 Å². The van der Waals surface area contributed by atoms with Crippen LogP contribution in [-0.4, -0.2) is 48.8 Å². The minimum absolute atomic E-state index is 0.298. The summed E-state index contributed by atoms with van der Waals surface area (Å²) in [6.07, 6.45) is 5.50. The average molecular weight is 268 g/mol. The van der Waals surface area contributed by atoms with E-state index in [1.54, 1.807) is 0 Å². The van der Waals surface area contributed by atoms with Crippen molar-refractivity contribution in [2.45, 2.75) is 71.1 Å². The largest absolute Gasteiger partial charge is 0.377 e. The minimum atomic E-state index is 0.298. The van der Waals surface area contributed by atoms with Crippen LogP contribution in [0.3, 0.4) is 0 Å². The molecule has 0 aromatic heterocycles. The zero-order chi connectivity index (χ0) is 13.9. The second-order valence-electron chi connectivity index (χ2n) is 6.98. The van der Waals surface area contributed by atoms with Crippen molar-refractivity contribution in [1.82, 2.24) is 10.2 Å². The number of ether oxygens (including phenoxy) is 1. The van der Waals surface area contributed by atoms with Crippen LogP contribution >= 0.6 is 0 Å². The van der Waals surface area contributed by atoms with E-state index < -0.39 is 0 Å². The predicted octanol–water partition coefficient (Wildman–Crippen LogP) is 2.65. The smallest absolute Gasteiger partial charge is 0.0702 e. The van der Waals surface area contributed by atoms with Crippen molar-refractivity contribution in [1.29, 1.82) is 0 Å². The third-order valence-corrected chi connectivity index (χ3v) is 5.19. The first-order chi connectivity index (χ1) is 9.05. The molecule has 0 aromatic carbocycles. The molecule has 0 aliphatic carbocycles. The Morgan fingerprint density at radius 1 is 1.37 bits per heavy atom. The van der Waals surface area contributed by atoms with Gasteiger partial charge in [0.25, 0.3) is 0 Å². The number of hydrogen-bond donors (Lipinski definition) is 1. The zero-order valence-corrected chi connectivity index (χ0v) is 13.2. The van der Waals surface area contributed by atoms with E-state index in [9.17, 15) is 0 Å². The Morgan fingerprint density at radius 3 is 2.74 bits per heavy atom. The fourth-order valence-electron chi connectivity index (χ4n) is 3.27. The molecular weight excluding hydrogens is 236 g/mol. The monoisotopic (exact) mass is 268 g/mol. The third kappa shape index (κ3) is 3.71. The highest BCUT2D eigenvalue weighted by molar-refractivity contribution is 4.96. The first-order valence-electron chi connectivity index (χ1n) is 8.15. The van der Waals surface area contributed by atoms with Gasteiger partial charge in [-0.25, -0.2) is 0 Å². The summed E-state index contributed by atoms with van der Waals surface area (Å²) in [5.41, 5.74) is 0.298. The fraction of sp³-hybridized carbons (Fsp3) is 1.00. The van der Waals surface area contributed by atoms with Crippen LogP contribution < -0.4 is 5.32 Å². The molecule has 2 rings (SSSR count). The van der Waals surface area contributed by atoms with Gasteiger partial charge in [0.1, 0.15) is 0 Å². The molecule has 3 nitrogen and oxygen atoms in total. The molecule has 0 amide bonds. The number of nitrogens with one attached hydrogen (secondary N) is 1. The summed E-state index contributed by atoms with van der Waals surface area (Å²) in [4.78, 5) is 2.70. The molecular formula is C16H32N2O. The molecule has 112 valence electrons. The molecule has 2 heterocycles. The lowest BCUT2D eigenvalue weighted by Gasteiger charge is -2.50. The summed E-state index contributed by atoms with van der Waals surface area (Å²) in [5.74, 6) is 0.705. The van der Waals surface area contributed by atoms with Crippen LogP contribution in [0.4, 0.5) is 0 Å². The summed E-state index contributed by atoms with van der Waals surface area (Å²) in [5, 5.41) is 3.74. The van der Waals surface area contributed by atoms with E-state index in [-0.39, 0.29) is 0 Å². The molecule has 0 radical (unpaired) electrons. The van der Waals surface area contributed by atoms with Gasteiger partial charge < -0.3 is 10.1 Å². The Labute approximate surface area is 119 Å². The van der Waals surface area contributed by atoms with Crippen LogP contribution in [-0.2, 0) is 4.74 Å². The van der Waals surface area contributed by atoms with Gasteiger partial charge >= 0.3 is 0 Å². The SMILES string of the molecule is CCC1(C)CNC(C(C)C)CN1CC1CCCCO1. The second-order valence-corrected chi connectivity index (χ2v) is 6.98. The van der Waals surface area contributed by atoms with Gasteiger partial charge in [-0.2, -0.15) is 0 Å². The average Bonchev–Trinajstić information content (AvgIpc) is 2.42. The highest BCUT2D eigenvalue weighted by atomic mass is 16.5. The molecule has 0 bridgehead atoms. The standard InChI is InChI=1S/C16H32N2O/c1-5-16(4)12-17-15(13(2)3)11-18(16)10-14-8-6-7-9-19-14/h13-15,17H,5-12H2,1-4H3. The Morgan fingerprint density at radius 2 is 2.16 bits per heavy atom. The molecule has 19 heavy (non-hydrogen) atoms. The first-order valence-corrected chi connectivity index (χ1v) is 8.15. The number of piperazine rings is 1. The van der Waals surface area contributed by atoms with Gasteiger partial charge in [0.15, 0.2) is 0 Å². The van der Waals surface area contributed by atoms with Crippen LogP contribution in [0.2, 0.25) is 0 Å². The second kappa shape index (κ2) is 6.55. The molecule has 2 aliphatic rings. The van der Waals surface area contributed by atoms with E-state index in [0.717, 1.165) is 19.7 Å². The van der Waals surface area contributed by atoms with E-state index in [1.165, 1.54) is 32.2 Å². The fourth-order valence-corrected chi connectivity index (χ4v) is 3.27. The molecule has 3 heteroatoms. The first kappa shape index (κ1) is 15.3. The Balaban J connectivity index is 1.98. The van der Waals surface area contributed by atoms with Crippen LogP contribution in [0.1, 0.15) is 53.4 Å². The van der Waals surface area contributed by atoms with E-state index in [4.69, 9.17) is 4.74 Å². The van der Waals surface area contributed by atoms with Gasteiger partial charge in [-0.1, -0.05) is 20.8 Å². The minimum Gasteiger partial charge on any atom is -0.377 e. The molecule has 0 spiro atoms. The Kier molecular flexibility index (Phi) is 5.27. The van der Waals surface area contributed by atoms with Crippen molar-refractivity contribution in [3.8, 4) is 0 Å². The van der Waals surface area contributed by atoms with Crippen molar-refractivity contribution < 1.29 is 4.74 Å².